The molecule has 0 aliphatic rings. The number of nitrogens with zero attached hydrogens (tertiary/aromatic N) is 3. The molecule has 0 aliphatic heterocycles. The molecule has 2 aromatic rings. The van der Waals surface area contributed by atoms with Gasteiger partial charge in [0, 0.05) is 12.6 Å². The molecule has 25 heavy (non-hydrogen) atoms. The number of hydroxylamine groups is 2. The van der Waals surface area contributed by atoms with Crippen LogP contribution in [0.3, 0.4) is 0 Å². The topological polar surface area (TPSA) is 131 Å². The molecular weight excluding hydrogens is 326 g/mol. The van der Waals surface area contributed by atoms with Crippen LogP contribution >= 0.6 is 0 Å². The number of amides is 1. The van der Waals surface area contributed by atoms with Crippen molar-refractivity contribution in [1.82, 2.24) is 10.0 Å². The van der Waals surface area contributed by atoms with Crippen LogP contribution in [0.1, 0.15) is 11.3 Å². The monoisotopic (exact) mass is 343 g/mol. The molecule has 1 aromatic carbocycles. The zero-order valence-corrected chi connectivity index (χ0v) is 13.4. The van der Waals surface area contributed by atoms with E-state index in [1.807, 2.05) is 6.07 Å². The third-order valence-electron chi connectivity index (χ3n) is 3.01. The van der Waals surface area contributed by atoms with Crippen LogP contribution in [0.5, 0.6) is 0 Å². The van der Waals surface area contributed by atoms with Crippen molar-refractivity contribution in [3.63, 3.8) is 0 Å². The van der Waals surface area contributed by atoms with E-state index in [1.165, 1.54) is 13.1 Å². The molecule has 0 radical (unpaired) electrons. The molecule has 0 atom stereocenters. The fourth-order valence-corrected chi connectivity index (χ4v) is 1.88. The quantitative estimate of drug-likeness (QED) is 0.362. The molecule has 1 heterocycles. The molecular formula is C16H17N5O4. The molecule has 0 unspecified atom stereocenters. The Balaban J connectivity index is 2.14. The summed E-state index contributed by atoms with van der Waals surface area (Å²) in [6.45, 7) is -0.0338. The highest BCUT2D eigenvalue weighted by molar-refractivity contribution is 6.45. The van der Waals surface area contributed by atoms with E-state index in [0.29, 0.717) is 16.3 Å². The number of carboxylic acid groups (broad SMARTS) is 1. The Hall–Kier alpha value is -3.46. The third kappa shape index (κ3) is 5.29. The summed E-state index contributed by atoms with van der Waals surface area (Å²) in [6.07, 6.45) is -1.21. The maximum Gasteiger partial charge on any atom is 0.410 e. The number of rotatable bonds is 6. The zero-order chi connectivity index (χ0) is 18.2. The molecule has 1 amide bonds. The lowest BCUT2D eigenvalue weighted by molar-refractivity contribution is 0.0148. The molecule has 4 N–H and O–H groups in total. The smallest absolute Gasteiger partial charge is 0.410 e. The molecule has 0 bridgehead atoms. The predicted octanol–water partition coefficient (Wildman–Crippen LogP) is 2.39. The van der Waals surface area contributed by atoms with Crippen LogP contribution in [-0.4, -0.2) is 45.0 Å². The van der Waals surface area contributed by atoms with Crippen LogP contribution in [0, 0.1) is 5.41 Å². The minimum Gasteiger partial charge on any atom is -0.465 e. The highest BCUT2D eigenvalue weighted by atomic mass is 16.6. The summed E-state index contributed by atoms with van der Waals surface area (Å²) in [4.78, 5) is 19.9. The van der Waals surface area contributed by atoms with Gasteiger partial charge in [0.15, 0.2) is 18.2 Å². The first-order chi connectivity index (χ1) is 12.0. The minimum absolute atomic E-state index is 0.0338. The Morgan fingerprint density at radius 1 is 1.28 bits per heavy atom. The van der Waals surface area contributed by atoms with Crippen molar-refractivity contribution in [2.75, 3.05) is 12.4 Å². The third-order valence-corrected chi connectivity index (χ3v) is 3.01. The van der Waals surface area contributed by atoms with E-state index in [9.17, 15) is 10.0 Å². The van der Waals surface area contributed by atoms with Gasteiger partial charge in [-0.3, -0.25) is 15.9 Å². The summed E-state index contributed by atoms with van der Waals surface area (Å²) in [5.41, 5.74) is 1.19. The summed E-state index contributed by atoms with van der Waals surface area (Å²) in [5, 5.41) is 32.8. The SMILES string of the molecule is CN(O)C(=N)/C(=N\OCc1cccc(NC(=O)O)n1)c1ccccc1. The fourth-order valence-electron chi connectivity index (χ4n) is 1.88. The van der Waals surface area contributed by atoms with Gasteiger partial charge >= 0.3 is 6.09 Å². The highest BCUT2D eigenvalue weighted by Gasteiger charge is 2.14. The van der Waals surface area contributed by atoms with Crippen LogP contribution in [0.2, 0.25) is 0 Å². The molecule has 2 rings (SSSR count). The van der Waals surface area contributed by atoms with E-state index < -0.39 is 6.09 Å². The van der Waals surface area contributed by atoms with Gasteiger partial charge in [-0.25, -0.2) is 14.8 Å². The number of amidine groups is 1. The van der Waals surface area contributed by atoms with Crippen molar-refractivity contribution >= 4 is 23.5 Å². The van der Waals surface area contributed by atoms with Crippen LogP contribution in [0.15, 0.2) is 53.7 Å². The van der Waals surface area contributed by atoms with Crippen LogP contribution in [-0.2, 0) is 11.4 Å². The van der Waals surface area contributed by atoms with Crippen LogP contribution in [0.25, 0.3) is 0 Å². The number of anilines is 1. The number of pyridine rings is 1. The first kappa shape index (κ1) is 17.9. The Morgan fingerprint density at radius 2 is 2.00 bits per heavy atom. The summed E-state index contributed by atoms with van der Waals surface area (Å²) in [7, 11) is 1.31. The molecule has 130 valence electrons. The summed E-state index contributed by atoms with van der Waals surface area (Å²) in [6, 6.07) is 13.6. The maximum atomic E-state index is 10.6. The van der Waals surface area contributed by atoms with Crippen molar-refractivity contribution in [2.45, 2.75) is 6.61 Å². The van der Waals surface area contributed by atoms with E-state index in [-0.39, 0.29) is 24.0 Å². The zero-order valence-electron chi connectivity index (χ0n) is 13.4. The molecule has 0 fully saturated rings. The van der Waals surface area contributed by atoms with Gasteiger partial charge < -0.3 is 9.94 Å². The lowest BCUT2D eigenvalue weighted by Gasteiger charge is -2.13. The average molecular weight is 343 g/mol. The molecule has 0 aliphatic carbocycles. The van der Waals surface area contributed by atoms with Crippen LogP contribution < -0.4 is 5.32 Å². The van der Waals surface area contributed by atoms with Gasteiger partial charge in [-0.05, 0) is 12.1 Å². The second-order valence-electron chi connectivity index (χ2n) is 4.90. The highest BCUT2D eigenvalue weighted by Crippen LogP contribution is 2.08. The van der Waals surface area contributed by atoms with Gasteiger partial charge in [0.05, 0.1) is 5.69 Å². The second kappa shape index (κ2) is 8.41. The number of hydrogen-bond acceptors (Lipinski definition) is 6. The van der Waals surface area contributed by atoms with Crippen molar-refractivity contribution in [3.8, 4) is 0 Å². The van der Waals surface area contributed by atoms with Gasteiger partial charge in [-0.1, -0.05) is 41.6 Å². The van der Waals surface area contributed by atoms with Crippen molar-refractivity contribution in [1.29, 1.82) is 5.41 Å². The van der Waals surface area contributed by atoms with Gasteiger partial charge in [-0.15, -0.1) is 0 Å². The lowest BCUT2D eigenvalue weighted by Crippen LogP contribution is -2.30. The number of likely N-dealkylation sites (N-methyl/N-ethyl adjacent to an activating group) is 1. The molecule has 1 aromatic heterocycles. The van der Waals surface area contributed by atoms with Gasteiger partial charge in [0.25, 0.3) is 0 Å². The second-order valence-corrected chi connectivity index (χ2v) is 4.90. The van der Waals surface area contributed by atoms with E-state index in [2.05, 4.69) is 15.5 Å². The first-order valence-corrected chi connectivity index (χ1v) is 7.20. The lowest BCUT2D eigenvalue weighted by atomic mass is 10.1. The normalized spacial score (nSPS) is 10.9. The van der Waals surface area contributed by atoms with Crippen LogP contribution in [0.4, 0.5) is 10.6 Å². The number of benzene rings is 1. The van der Waals surface area contributed by atoms with E-state index in [1.54, 1.807) is 36.4 Å². The number of oxime groups is 1. The molecule has 0 saturated carbocycles. The molecule has 0 saturated heterocycles. The number of carbonyl (C=O) groups is 1. The minimum atomic E-state index is -1.21. The van der Waals surface area contributed by atoms with Gasteiger partial charge in [-0.2, -0.15) is 0 Å². The van der Waals surface area contributed by atoms with E-state index >= 15 is 0 Å². The maximum absolute atomic E-state index is 10.6. The Bertz CT molecular complexity index is 777. The molecule has 9 nitrogen and oxygen atoms in total. The van der Waals surface area contributed by atoms with Crippen molar-refractivity contribution in [2.24, 2.45) is 5.16 Å². The van der Waals surface area contributed by atoms with E-state index in [4.69, 9.17) is 15.4 Å². The first-order valence-electron chi connectivity index (χ1n) is 7.20. The largest absolute Gasteiger partial charge is 0.465 e. The Kier molecular flexibility index (Phi) is 6.02. The van der Waals surface area contributed by atoms with Crippen molar-refractivity contribution in [3.05, 3.63) is 59.8 Å². The summed E-state index contributed by atoms with van der Waals surface area (Å²) >= 11 is 0. The Morgan fingerprint density at radius 3 is 2.64 bits per heavy atom. The van der Waals surface area contributed by atoms with E-state index in [0.717, 1.165) is 0 Å². The van der Waals surface area contributed by atoms with Crippen molar-refractivity contribution < 1.29 is 19.9 Å². The summed E-state index contributed by atoms with van der Waals surface area (Å²) < 4.78 is 0. The average Bonchev–Trinajstić information content (AvgIpc) is 2.58. The molecule has 9 heteroatoms. The van der Waals surface area contributed by atoms with Gasteiger partial charge in [0.2, 0.25) is 0 Å². The summed E-state index contributed by atoms with van der Waals surface area (Å²) in [5.74, 6) is -0.0656. The number of aromatic nitrogens is 1. The van der Waals surface area contributed by atoms with Gasteiger partial charge in [0.1, 0.15) is 5.82 Å². The predicted molar refractivity (Wildman–Crippen MR) is 90.9 cm³/mol. The number of nitrogens with one attached hydrogen (secondary N) is 2. The Labute approximate surface area is 143 Å². The number of hydrogen-bond donors (Lipinski definition) is 4. The fraction of sp³-hybridized carbons (Fsp3) is 0.125. The standard InChI is InChI=1S/C16H17N5O4/c1-21(24)15(17)14(11-6-3-2-4-7-11)20-25-10-12-8-5-9-13(18-12)19-16(22)23/h2-9,17,24H,10H2,1H3,(H,18,19)(H,22,23)/b17-15?,20-14-. The molecule has 0 spiro atoms.